The van der Waals surface area contributed by atoms with Gasteiger partial charge in [-0.2, -0.15) is 13.5 Å². The third-order valence-electron chi connectivity index (χ3n) is 2.40. The van der Waals surface area contributed by atoms with E-state index in [9.17, 15) is 13.2 Å². The number of rotatable bonds is 2. The van der Waals surface area contributed by atoms with E-state index in [1.54, 1.807) is 6.92 Å². The Bertz CT molecular complexity index is 676. The first kappa shape index (κ1) is 14.3. The molecule has 1 amide bonds. The van der Waals surface area contributed by atoms with Crippen LogP contribution < -0.4 is 5.01 Å². The maximum atomic E-state index is 11.6. The summed E-state index contributed by atoms with van der Waals surface area (Å²) in [6, 6.07) is 2.41. The molecule has 0 spiro atoms. The van der Waals surface area contributed by atoms with Crippen LogP contribution in [0, 0.1) is 0 Å². The van der Waals surface area contributed by atoms with Gasteiger partial charge in [-0.3, -0.25) is 9.35 Å². The van der Waals surface area contributed by atoms with Crippen LogP contribution in [0.4, 0.5) is 5.69 Å². The van der Waals surface area contributed by atoms with Crippen molar-refractivity contribution in [1.82, 2.24) is 0 Å². The van der Waals surface area contributed by atoms with Gasteiger partial charge < -0.3 is 0 Å². The largest absolute Gasteiger partial charge is 0.297 e. The van der Waals surface area contributed by atoms with Crippen LogP contribution in [0.25, 0.3) is 0 Å². The van der Waals surface area contributed by atoms with E-state index in [4.69, 9.17) is 27.8 Å². The zero-order valence-electron chi connectivity index (χ0n) is 9.59. The van der Waals surface area contributed by atoms with Crippen molar-refractivity contribution in [1.29, 1.82) is 0 Å². The van der Waals surface area contributed by atoms with Gasteiger partial charge in [0.25, 0.3) is 16.0 Å². The lowest BCUT2D eigenvalue weighted by atomic mass is 10.3. The van der Waals surface area contributed by atoms with Crippen LogP contribution in [0.3, 0.4) is 0 Å². The average molecular weight is 323 g/mol. The number of nitrogens with zero attached hydrogens (tertiary/aromatic N) is 2. The van der Waals surface area contributed by atoms with Crippen LogP contribution in [0.2, 0.25) is 10.0 Å². The van der Waals surface area contributed by atoms with Gasteiger partial charge in [-0.1, -0.05) is 23.2 Å². The van der Waals surface area contributed by atoms with Crippen molar-refractivity contribution in [3.05, 3.63) is 22.2 Å². The van der Waals surface area contributed by atoms with Crippen LogP contribution in [0.5, 0.6) is 0 Å². The van der Waals surface area contributed by atoms with E-state index < -0.39 is 15.0 Å². The topological polar surface area (TPSA) is 87.0 Å². The summed E-state index contributed by atoms with van der Waals surface area (Å²) in [5, 5.41) is 4.51. The predicted molar refractivity (Wildman–Crippen MR) is 71.5 cm³/mol. The fourth-order valence-electron chi connectivity index (χ4n) is 1.67. The van der Waals surface area contributed by atoms with Crippen molar-refractivity contribution < 1.29 is 17.8 Å². The number of amides is 1. The highest BCUT2D eigenvalue weighted by Gasteiger charge is 2.26. The Labute approximate surface area is 119 Å². The Morgan fingerprint density at radius 1 is 1.32 bits per heavy atom. The minimum Gasteiger partial charge on any atom is -0.282 e. The first-order chi connectivity index (χ1) is 8.70. The molecular formula is C10H8Cl2N2O4S. The predicted octanol–water partition coefficient (Wildman–Crippen LogP) is 2.35. The van der Waals surface area contributed by atoms with Gasteiger partial charge in [0.1, 0.15) is 4.90 Å². The van der Waals surface area contributed by atoms with Gasteiger partial charge in [-0.15, -0.1) is 0 Å². The summed E-state index contributed by atoms with van der Waals surface area (Å²) in [6.07, 6.45) is 0.176. The third-order valence-corrected chi connectivity index (χ3v) is 4.18. The van der Waals surface area contributed by atoms with E-state index in [0.29, 0.717) is 5.71 Å². The van der Waals surface area contributed by atoms with Crippen molar-refractivity contribution in [3.8, 4) is 0 Å². The Hall–Kier alpha value is -1.15. The maximum absolute atomic E-state index is 11.6. The van der Waals surface area contributed by atoms with E-state index in [0.717, 1.165) is 5.01 Å². The average Bonchev–Trinajstić information content (AvgIpc) is 2.54. The van der Waals surface area contributed by atoms with Crippen molar-refractivity contribution in [2.45, 2.75) is 18.2 Å². The molecule has 0 bridgehead atoms. The molecule has 0 aliphatic carbocycles. The summed E-state index contributed by atoms with van der Waals surface area (Å²) in [5.74, 6) is -0.274. The number of halogens is 2. The molecule has 1 aliphatic heterocycles. The monoisotopic (exact) mass is 322 g/mol. The number of carbonyl (C=O) groups is 1. The fraction of sp³-hybridized carbons (Fsp3) is 0.200. The molecule has 1 aromatic carbocycles. The molecule has 0 saturated heterocycles. The Balaban J connectivity index is 2.56. The van der Waals surface area contributed by atoms with Crippen LogP contribution in [0.1, 0.15) is 13.3 Å². The standard InChI is InChI=1S/C10H8Cl2N2O4S/c1-5-2-9(15)14(13-5)6-3-7(11)10(8(12)4-6)19(16,17)18/h3-4H,2H2,1H3,(H,16,17,18). The second-order valence-electron chi connectivity index (χ2n) is 3.93. The number of benzene rings is 1. The molecule has 2 rings (SSSR count). The summed E-state index contributed by atoms with van der Waals surface area (Å²) in [5.41, 5.74) is 0.861. The van der Waals surface area contributed by atoms with E-state index in [-0.39, 0.29) is 28.1 Å². The lowest BCUT2D eigenvalue weighted by molar-refractivity contribution is -0.116. The van der Waals surface area contributed by atoms with E-state index in [2.05, 4.69) is 5.10 Å². The second kappa shape index (κ2) is 4.75. The van der Waals surface area contributed by atoms with Crippen LogP contribution in [-0.4, -0.2) is 24.6 Å². The second-order valence-corrected chi connectivity index (χ2v) is 6.10. The summed E-state index contributed by atoms with van der Waals surface area (Å²) in [4.78, 5) is 11.1. The molecule has 1 N–H and O–H groups in total. The third kappa shape index (κ3) is 2.74. The number of hydrogen-bond donors (Lipinski definition) is 1. The molecule has 0 radical (unpaired) electrons. The quantitative estimate of drug-likeness (QED) is 0.846. The SMILES string of the molecule is CC1=NN(c2cc(Cl)c(S(=O)(=O)O)c(Cl)c2)C(=O)C1. The van der Waals surface area contributed by atoms with Gasteiger partial charge in [0.2, 0.25) is 0 Å². The van der Waals surface area contributed by atoms with Crippen molar-refractivity contribution in [2.75, 3.05) is 5.01 Å². The minimum absolute atomic E-state index is 0.176. The van der Waals surface area contributed by atoms with Gasteiger partial charge in [0, 0.05) is 5.71 Å². The van der Waals surface area contributed by atoms with Gasteiger partial charge in [-0.05, 0) is 19.1 Å². The fourth-order valence-corrected chi connectivity index (χ4v) is 3.34. The van der Waals surface area contributed by atoms with E-state index >= 15 is 0 Å². The molecule has 1 aliphatic rings. The smallest absolute Gasteiger partial charge is 0.282 e. The van der Waals surface area contributed by atoms with Gasteiger partial charge >= 0.3 is 0 Å². The summed E-state index contributed by atoms with van der Waals surface area (Å²) >= 11 is 11.5. The first-order valence-electron chi connectivity index (χ1n) is 5.03. The maximum Gasteiger partial charge on any atom is 0.297 e. The highest BCUT2D eigenvalue weighted by molar-refractivity contribution is 7.86. The summed E-state index contributed by atoms with van der Waals surface area (Å²) in [7, 11) is -4.53. The molecule has 6 nitrogen and oxygen atoms in total. The molecule has 0 unspecified atom stereocenters. The zero-order chi connectivity index (χ0) is 14.4. The highest BCUT2D eigenvalue weighted by atomic mass is 35.5. The van der Waals surface area contributed by atoms with Crippen molar-refractivity contribution in [3.63, 3.8) is 0 Å². The normalized spacial score (nSPS) is 15.9. The molecule has 0 aromatic heterocycles. The van der Waals surface area contributed by atoms with E-state index in [1.807, 2.05) is 0 Å². The van der Waals surface area contributed by atoms with E-state index in [1.165, 1.54) is 12.1 Å². The van der Waals surface area contributed by atoms with Crippen molar-refractivity contribution in [2.24, 2.45) is 5.10 Å². The van der Waals surface area contributed by atoms with Crippen LogP contribution >= 0.6 is 23.2 Å². The molecular weight excluding hydrogens is 315 g/mol. The number of carbonyl (C=O) groups excluding carboxylic acids is 1. The molecule has 0 saturated carbocycles. The molecule has 0 fully saturated rings. The lowest BCUT2D eigenvalue weighted by Gasteiger charge is -2.14. The molecule has 1 aromatic rings. The molecule has 9 heteroatoms. The molecule has 102 valence electrons. The Kier molecular flexibility index (Phi) is 3.57. The van der Waals surface area contributed by atoms with Gasteiger partial charge in [0.05, 0.1) is 22.2 Å². The molecule has 0 atom stereocenters. The van der Waals surface area contributed by atoms with Gasteiger partial charge in [0.15, 0.2) is 0 Å². The molecule has 19 heavy (non-hydrogen) atoms. The van der Waals surface area contributed by atoms with Gasteiger partial charge in [-0.25, -0.2) is 5.01 Å². The Morgan fingerprint density at radius 3 is 2.21 bits per heavy atom. The highest BCUT2D eigenvalue weighted by Crippen LogP contribution is 2.35. The zero-order valence-corrected chi connectivity index (χ0v) is 11.9. The Morgan fingerprint density at radius 2 is 1.84 bits per heavy atom. The van der Waals surface area contributed by atoms with Crippen LogP contribution in [0.15, 0.2) is 22.1 Å². The summed E-state index contributed by atoms with van der Waals surface area (Å²) < 4.78 is 31.2. The lowest BCUT2D eigenvalue weighted by Crippen LogP contribution is -2.19. The van der Waals surface area contributed by atoms with Crippen molar-refractivity contribution >= 4 is 50.6 Å². The number of hydrazone groups is 1. The van der Waals surface area contributed by atoms with Crippen LogP contribution in [-0.2, 0) is 14.9 Å². The summed E-state index contributed by atoms with van der Waals surface area (Å²) in [6.45, 7) is 1.69. The minimum atomic E-state index is -4.53. The number of anilines is 1. The number of hydrogen-bond acceptors (Lipinski definition) is 4. The first-order valence-corrected chi connectivity index (χ1v) is 7.23. The molecule has 1 heterocycles.